The number of rotatable bonds is 1. The van der Waals surface area contributed by atoms with Gasteiger partial charge in [0.05, 0.1) is 11.2 Å². The predicted octanol–water partition coefficient (Wildman–Crippen LogP) is 2.36. The highest BCUT2D eigenvalue weighted by Gasteiger charge is 2.05. The van der Waals surface area contributed by atoms with Crippen LogP contribution in [0, 0.1) is 0 Å². The number of hydrogen-bond donors (Lipinski definition) is 0. The minimum atomic E-state index is 0.524. The molecule has 5 heteroatoms. The highest BCUT2D eigenvalue weighted by atomic mass is 35.5. The number of nitrogens with zero attached hydrogens (tertiary/aromatic N) is 4. The summed E-state index contributed by atoms with van der Waals surface area (Å²) in [5.41, 5.74) is 2.63. The van der Waals surface area contributed by atoms with E-state index in [-0.39, 0.29) is 0 Å². The van der Waals surface area contributed by atoms with Crippen LogP contribution in [0.5, 0.6) is 0 Å². The first-order chi connectivity index (χ1) is 6.68. The maximum atomic E-state index is 5.91. The van der Waals surface area contributed by atoms with Crippen molar-refractivity contribution in [3.05, 3.63) is 23.0 Å². The first-order valence-corrected chi connectivity index (χ1v) is 4.55. The summed E-state index contributed by atoms with van der Waals surface area (Å²) < 4.78 is 1.67. The van der Waals surface area contributed by atoms with Gasteiger partial charge in [-0.2, -0.15) is 0 Å². The van der Waals surface area contributed by atoms with Gasteiger partial charge in [0.25, 0.3) is 0 Å². The molecule has 2 aromatic heterocycles. The molecule has 0 unspecified atom stereocenters. The van der Waals surface area contributed by atoms with Crippen molar-refractivity contribution >= 4 is 28.8 Å². The summed E-state index contributed by atoms with van der Waals surface area (Å²) in [6.07, 6.45) is 5.14. The van der Waals surface area contributed by atoms with Crippen molar-refractivity contribution in [1.29, 1.82) is 0 Å². The van der Waals surface area contributed by atoms with Gasteiger partial charge in [-0.25, -0.2) is 4.68 Å². The minimum Gasteiger partial charge on any atom is -0.261 e. The lowest BCUT2D eigenvalue weighted by molar-refractivity contribution is 0.856. The Balaban J connectivity index is 2.70. The summed E-state index contributed by atoms with van der Waals surface area (Å²) in [7, 11) is 0. The summed E-state index contributed by atoms with van der Waals surface area (Å²) in [4.78, 5) is 3.99. The van der Waals surface area contributed by atoms with Crippen LogP contribution in [-0.2, 0) is 0 Å². The van der Waals surface area contributed by atoms with Crippen LogP contribution in [0.15, 0.2) is 18.0 Å². The van der Waals surface area contributed by atoms with E-state index in [9.17, 15) is 0 Å². The third-order valence-electron chi connectivity index (χ3n) is 1.72. The molecule has 0 fully saturated rings. The minimum absolute atomic E-state index is 0.524. The molecule has 0 aliphatic heterocycles. The molecule has 0 atom stereocenters. The standard InChI is InChI=1S/C9H9ClN4/c1-6(2)5-14-8-4-11-3-7(10)9(8)12-13-14/h3-5H,1-2H3. The van der Waals surface area contributed by atoms with E-state index in [0.717, 1.165) is 11.1 Å². The van der Waals surface area contributed by atoms with Crippen molar-refractivity contribution < 1.29 is 0 Å². The number of aromatic nitrogens is 4. The Morgan fingerprint density at radius 1 is 1.43 bits per heavy atom. The average Bonchev–Trinajstić information content (AvgIpc) is 2.49. The highest BCUT2D eigenvalue weighted by molar-refractivity contribution is 6.34. The van der Waals surface area contributed by atoms with Gasteiger partial charge in [-0.15, -0.1) is 5.10 Å². The number of pyridine rings is 1. The van der Waals surface area contributed by atoms with E-state index < -0.39 is 0 Å². The summed E-state index contributed by atoms with van der Waals surface area (Å²) in [5, 5.41) is 8.45. The second kappa shape index (κ2) is 3.38. The molecule has 2 rings (SSSR count). The normalized spacial score (nSPS) is 10.5. The fourth-order valence-corrected chi connectivity index (χ4v) is 1.36. The quantitative estimate of drug-likeness (QED) is 0.723. The Kier molecular flexibility index (Phi) is 2.21. The van der Waals surface area contributed by atoms with Crippen molar-refractivity contribution in [2.24, 2.45) is 0 Å². The number of fused-ring (bicyclic) bond motifs is 1. The maximum Gasteiger partial charge on any atom is 0.135 e. The first kappa shape index (κ1) is 9.15. The molecular formula is C9H9ClN4. The SMILES string of the molecule is CC(C)=Cn1nnc2c(Cl)cncc21. The molecule has 0 spiro atoms. The fourth-order valence-electron chi connectivity index (χ4n) is 1.17. The summed E-state index contributed by atoms with van der Waals surface area (Å²) >= 11 is 5.91. The fraction of sp³-hybridized carbons (Fsp3) is 0.222. The van der Waals surface area contributed by atoms with E-state index in [1.807, 2.05) is 20.0 Å². The Bertz CT molecular complexity index is 496. The van der Waals surface area contributed by atoms with E-state index in [2.05, 4.69) is 15.3 Å². The van der Waals surface area contributed by atoms with Crippen molar-refractivity contribution in [3.63, 3.8) is 0 Å². The van der Waals surface area contributed by atoms with Crippen molar-refractivity contribution in [2.45, 2.75) is 13.8 Å². The predicted molar refractivity (Wildman–Crippen MR) is 56.0 cm³/mol. The van der Waals surface area contributed by atoms with Crippen molar-refractivity contribution in [1.82, 2.24) is 20.0 Å². The van der Waals surface area contributed by atoms with Crippen LogP contribution in [0.2, 0.25) is 5.02 Å². The van der Waals surface area contributed by atoms with Gasteiger partial charge in [-0.1, -0.05) is 22.4 Å². The van der Waals surface area contributed by atoms with Crippen LogP contribution in [0.4, 0.5) is 0 Å². The molecule has 2 heterocycles. The topological polar surface area (TPSA) is 43.6 Å². The molecule has 0 saturated carbocycles. The molecule has 4 nitrogen and oxygen atoms in total. The van der Waals surface area contributed by atoms with E-state index in [1.54, 1.807) is 17.1 Å². The Morgan fingerprint density at radius 2 is 2.21 bits per heavy atom. The highest BCUT2D eigenvalue weighted by Crippen LogP contribution is 2.19. The summed E-state index contributed by atoms with van der Waals surface area (Å²) in [6, 6.07) is 0. The first-order valence-electron chi connectivity index (χ1n) is 4.18. The van der Waals surface area contributed by atoms with E-state index in [1.165, 1.54) is 0 Å². The van der Waals surface area contributed by atoms with Crippen LogP contribution in [-0.4, -0.2) is 20.0 Å². The van der Waals surface area contributed by atoms with E-state index in [0.29, 0.717) is 10.5 Å². The molecule has 2 aromatic rings. The molecule has 72 valence electrons. The van der Waals surface area contributed by atoms with Crippen LogP contribution < -0.4 is 0 Å². The third-order valence-corrected chi connectivity index (χ3v) is 2.00. The van der Waals surface area contributed by atoms with Crippen LogP contribution >= 0.6 is 11.6 Å². The van der Waals surface area contributed by atoms with Gasteiger partial charge in [-0.3, -0.25) is 4.98 Å². The third kappa shape index (κ3) is 1.48. The van der Waals surface area contributed by atoms with Gasteiger partial charge in [0.15, 0.2) is 0 Å². The molecule has 14 heavy (non-hydrogen) atoms. The van der Waals surface area contributed by atoms with Crippen molar-refractivity contribution in [2.75, 3.05) is 0 Å². The second-order valence-corrected chi connectivity index (χ2v) is 3.64. The van der Waals surface area contributed by atoms with Crippen LogP contribution in [0.3, 0.4) is 0 Å². The second-order valence-electron chi connectivity index (χ2n) is 3.23. The number of allylic oxidation sites excluding steroid dienone is 1. The van der Waals surface area contributed by atoms with Gasteiger partial charge < -0.3 is 0 Å². The summed E-state index contributed by atoms with van der Waals surface area (Å²) in [6.45, 7) is 3.98. The molecule has 0 radical (unpaired) electrons. The zero-order valence-electron chi connectivity index (χ0n) is 7.90. The molecule has 0 N–H and O–H groups in total. The van der Waals surface area contributed by atoms with E-state index in [4.69, 9.17) is 11.6 Å². The Hall–Kier alpha value is -1.42. The molecule has 0 aliphatic carbocycles. The van der Waals surface area contributed by atoms with Gasteiger partial charge in [0.1, 0.15) is 11.0 Å². The molecule has 0 saturated heterocycles. The zero-order valence-corrected chi connectivity index (χ0v) is 8.65. The molecule has 0 aromatic carbocycles. The van der Waals surface area contributed by atoms with Gasteiger partial charge >= 0.3 is 0 Å². The summed E-state index contributed by atoms with van der Waals surface area (Å²) in [5.74, 6) is 0. The van der Waals surface area contributed by atoms with Crippen LogP contribution in [0.25, 0.3) is 17.2 Å². The largest absolute Gasteiger partial charge is 0.261 e. The van der Waals surface area contributed by atoms with Crippen LogP contribution in [0.1, 0.15) is 13.8 Å². The maximum absolute atomic E-state index is 5.91. The monoisotopic (exact) mass is 208 g/mol. The van der Waals surface area contributed by atoms with Gasteiger partial charge in [0.2, 0.25) is 0 Å². The smallest absolute Gasteiger partial charge is 0.135 e. The van der Waals surface area contributed by atoms with E-state index >= 15 is 0 Å². The Labute approximate surface area is 86.2 Å². The number of hydrogen-bond acceptors (Lipinski definition) is 3. The van der Waals surface area contributed by atoms with Gasteiger partial charge in [0, 0.05) is 12.4 Å². The lowest BCUT2D eigenvalue weighted by Gasteiger charge is -1.94. The molecule has 0 bridgehead atoms. The number of halogens is 1. The Morgan fingerprint density at radius 3 is 2.93 bits per heavy atom. The molecular weight excluding hydrogens is 200 g/mol. The molecule has 0 aliphatic rings. The molecule has 0 amide bonds. The average molecular weight is 209 g/mol. The zero-order chi connectivity index (χ0) is 10.1. The van der Waals surface area contributed by atoms with Gasteiger partial charge in [-0.05, 0) is 13.8 Å². The lowest BCUT2D eigenvalue weighted by Crippen LogP contribution is -1.90. The van der Waals surface area contributed by atoms with Crippen molar-refractivity contribution in [3.8, 4) is 0 Å². The lowest BCUT2D eigenvalue weighted by atomic mass is 10.4.